The third-order valence-corrected chi connectivity index (χ3v) is 8.40. The quantitative estimate of drug-likeness (QED) is 0.337. The van der Waals surface area contributed by atoms with Crippen LogP contribution in [0.4, 0.5) is 11.4 Å². The van der Waals surface area contributed by atoms with Gasteiger partial charge in [0.1, 0.15) is 5.76 Å². The molecule has 8 heteroatoms. The number of benzene rings is 2. The number of anilines is 2. The summed E-state index contributed by atoms with van der Waals surface area (Å²) in [4.78, 5) is 11.1. The second-order valence-corrected chi connectivity index (χ2v) is 9.32. The van der Waals surface area contributed by atoms with E-state index < -0.39 is 24.6 Å². The number of hydrogen-bond donors (Lipinski definition) is 0. The van der Waals surface area contributed by atoms with Gasteiger partial charge in [-0.3, -0.25) is 14.7 Å². The predicted molar refractivity (Wildman–Crippen MR) is 108 cm³/mol. The minimum Gasteiger partial charge on any atom is -0.468 e. The highest BCUT2D eigenvalue weighted by Gasteiger charge is 2.53. The molecule has 144 valence electrons. The Morgan fingerprint density at radius 1 is 0.929 bits per heavy atom. The van der Waals surface area contributed by atoms with E-state index in [4.69, 9.17) is 4.42 Å². The Morgan fingerprint density at radius 3 is 1.89 bits per heavy atom. The van der Waals surface area contributed by atoms with E-state index in [0.717, 1.165) is 11.4 Å². The standard InChI is InChI=1S/C20H20N3O4P/c24-23(25)16-20(19-12-7-15-27-19)28(26)21(17-8-3-1-4-9-17)13-14-22(28)18-10-5-2-6-11-18/h1-12,15,20H,13-14,16H2. The van der Waals surface area contributed by atoms with Crippen LogP contribution < -0.4 is 9.34 Å². The molecule has 1 aromatic heterocycles. The number of furan rings is 1. The molecule has 1 saturated heterocycles. The highest BCUT2D eigenvalue weighted by molar-refractivity contribution is 7.68. The van der Waals surface area contributed by atoms with E-state index in [1.165, 1.54) is 6.26 Å². The molecule has 0 amide bonds. The average Bonchev–Trinajstić information content (AvgIpc) is 3.36. The van der Waals surface area contributed by atoms with Gasteiger partial charge in [-0.2, -0.15) is 0 Å². The first kappa shape index (κ1) is 18.3. The summed E-state index contributed by atoms with van der Waals surface area (Å²) in [6.07, 6.45) is 1.46. The van der Waals surface area contributed by atoms with E-state index in [0.29, 0.717) is 18.8 Å². The van der Waals surface area contributed by atoms with Crippen LogP contribution >= 0.6 is 7.44 Å². The normalized spacial score (nSPS) is 16.9. The van der Waals surface area contributed by atoms with Gasteiger partial charge in [0, 0.05) is 29.4 Å². The molecule has 3 aromatic rings. The molecule has 2 heterocycles. The summed E-state index contributed by atoms with van der Waals surface area (Å²) in [7, 11) is -3.46. The molecule has 4 rings (SSSR count). The molecule has 1 fully saturated rings. The van der Waals surface area contributed by atoms with Gasteiger partial charge < -0.3 is 13.8 Å². The SMILES string of the molecule is O=[N+]([O-])CC(c1ccco1)P1(=O)N(c2ccccc2)CCN1c1ccccc1. The van der Waals surface area contributed by atoms with Crippen molar-refractivity contribution in [2.24, 2.45) is 0 Å². The van der Waals surface area contributed by atoms with E-state index in [-0.39, 0.29) is 0 Å². The summed E-state index contributed by atoms with van der Waals surface area (Å²) in [6.45, 7) is 0.535. The molecule has 0 bridgehead atoms. The number of nitro groups is 1. The minimum atomic E-state index is -3.46. The zero-order chi connectivity index (χ0) is 19.6. The highest BCUT2D eigenvalue weighted by atomic mass is 31.2. The van der Waals surface area contributed by atoms with Crippen LogP contribution in [-0.4, -0.2) is 24.6 Å². The largest absolute Gasteiger partial charge is 0.468 e. The number of rotatable bonds is 6. The maximum atomic E-state index is 14.7. The smallest absolute Gasteiger partial charge is 0.280 e. The maximum Gasteiger partial charge on any atom is 0.280 e. The van der Waals surface area contributed by atoms with Gasteiger partial charge in [0.2, 0.25) is 6.54 Å². The van der Waals surface area contributed by atoms with Crippen LogP contribution in [0.25, 0.3) is 0 Å². The summed E-state index contributed by atoms with van der Waals surface area (Å²) in [5.74, 6) is 0.365. The molecule has 28 heavy (non-hydrogen) atoms. The van der Waals surface area contributed by atoms with Gasteiger partial charge in [-0.05, 0) is 36.4 Å². The van der Waals surface area contributed by atoms with Crippen molar-refractivity contribution in [1.82, 2.24) is 0 Å². The summed E-state index contributed by atoms with van der Waals surface area (Å²) >= 11 is 0. The number of hydrogen-bond acceptors (Lipinski definition) is 4. The fraction of sp³-hybridized carbons (Fsp3) is 0.200. The molecule has 7 nitrogen and oxygen atoms in total. The second-order valence-electron chi connectivity index (χ2n) is 6.55. The Hall–Kier alpha value is -3.05. The summed E-state index contributed by atoms with van der Waals surface area (Å²) < 4.78 is 23.8. The Labute approximate surface area is 162 Å². The third kappa shape index (κ3) is 3.18. The van der Waals surface area contributed by atoms with Crippen molar-refractivity contribution >= 4 is 18.8 Å². The molecular formula is C20H20N3O4P. The third-order valence-electron chi connectivity index (χ3n) is 4.92. The minimum absolute atomic E-state index is 0.365. The van der Waals surface area contributed by atoms with Gasteiger partial charge in [0.25, 0.3) is 7.44 Å². The van der Waals surface area contributed by atoms with Gasteiger partial charge in [-0.15, -0.1) is 0 Å². The molecule has 1 unspecified atom stereocenters. The summed E-state index contributed by atoms with van der Waals surface area (Å²) in [5, 5.41) is 11.5. The zero-order valence-electron chi connectivity index (χ0n) is 15.1. The molecule has 1 aliphatic rings. The predicted octanol–water partition coefficient (Wildman–Crippen LogP) is 4.82. The maximum absolute atomic E-state index is 14.7. The Morgan fingerprint density at radius 2 is 1.46 bits per heavy atom. The number of para-hydroxylation sites is 2. The van der Waals surface area contributed by atoms with Crippen LogP contribution in [0.2, 0.25) is 0 Å². The topological polar surface area (TPSA) is 79.8 Å². The lowest BCUT2D eigenvalue weighted by Gasteiger charge is -2.35. The molecule has 0 N–H and O–H groups in total. The van der Waals surface area contributed by atoms with E-state index >= 15 is 0 Å². The molecule has 1 atom stereocenters. The van der Waals surface area contributed by atoms with Crippen LogP contribution in [0.1, 0.15) is 11.4 Å². The lowest BCUT2D eigenvalue weighted by molar-refractivity contribution is -0.480. The Kier molecular flexibility index (Phi) is 4.92. The Balaban J connectivity index is 1.87. The molecule has 2 aromatic carbocycles. The molecular weight excluding hydrogens is 377 g/mol. The molecule has 0 spiro atoms. The van der Waals surface area contributed by atoms with Gasteiger partial charge in [-0.1, -0.05) is 36.4 Å². The van der Waals surface area contributed by atoms with Gasteiger partial charge in [-0.25, -0.2) is 0 Å². The van der Waals surface area contributed by atoms with Gasteiger partial charge in [0.05, 0.1) is 6.26 Å². The Bertz CT molecular complexity index is 928. The van der Waals surface area contributed by atoms with E-state index in [9.17, 15) is 14.7 Å². The fourth-order valence-corrected chi connectivity index (χ4v) is 7.15. The van der Waals surface area contributed by atoms with Gasteiger partial charge >= 0.3 is 0 Å². The second kappa shape index (κ2) is 7.52. The van der Waals surface area contributed by atoms with Crippen LogP contribution in [0.15, 0.2) is 83.5 Å². The average molecular weight is 397 g/mol. The zero-order valence-corrected chi connectivity index (χ0v) is 16.0. The first-order valence-electron chi connectivity index (χ1n) is 9.02. The van der Waals surface area contributed by atoms with Crippen molar-refractivity contribution in [3.05, 3.63) is 94.9 Å². The fourth-order valence-electron chi connectivity index (χ4n) is 3.72. The van der Waals surface area contributed by atoms with Crippen molar-refractivity contribution in [3.63, 3.8) is 0 Å². The van der Waals surface area contributed by atoms with Crippen LogP contribution in [0.5, 0.6) is 0 Å². The molecule has 1 aliphatic heterocycles. The monoisotopic (exact) mass is 397 g/mol. The van der Waals surface area contributed by atoms with E-state index in [2.05, 4.69) is 0 Å². The molecule has 0 aliphatic carbocycles. The molecule has 0 saturated carbocycles. The van der Waals surface area contributed by atoms with Crippen molar-refractivity contribution in [1.29, 1.82) is 0 Å². The highest BCUT2D eigenvalue weighted by Crippen LogP contribution is 2.68. The van der Waals surface area contributed by atoms with Crippen LogP contribution in [-0.2, 0) is 4.57 Å². The lowest BCUT2D eigenvalue weighted by atomic mass is 10.3. The van der Waals surface area contributed by atoms with Crippen molar-refractivity contribution in [2.45, 2.75) is 5.66 Å². The number of nitrogens with zero attached hydrogens (tertiary/aromatic N) is 3. The van der Waals surface area contributed by atoms with E-state index in [1.807, 2.05) is 70.0 Å². The summed E-state index contributed by atoms with van der Waals surface area (Å²) in [6, 6.07) is 22.1. The summed E-state index contributed by atoms with van der Waals surface area (Å²) in [5.41, 5.74) is 0.675. The van der Waals surface area contributed by atoms with E-state index in [1.54, 1.807) is 12.1 Å². The first-order valence-corrected chi connectivity index (χ1v) is 10.7. The van der Waals surface area contributed by atoms with Crippen molar-refractivity contribution in [2.75, 3.05) is 29.0 Å². The van der Waals surface area contributed by atoms with Crippen LogP contribution in [0, 0.1) is 10.1 Å². The lowest BCUT2D eigenvalue weighted by Crippen LogP contribution is -2.27. The molecule has 0 radical (unpaired) electrons. The van der Waals surface area contributed by atoms with Gasteiger partial charge in [0.15, 0.2) is 5.66 Å². The first-order chi connectivity index (χ1) is 13.6. The van der Waals surface area contributed by atoms with Crippen LogP contribution in [0.3, 0.4) is 0 Å². The van der Waals surface area contributed by atoms with Crippen molar-refractivity contribution in [3.8, 4) is 0 Å². The van der Waals surface area contributed by atoms with Crippen molar-refractivity contribution < 1.29 is 13.9 Å².